The number of amides is 2. The second-order valence-electron chi connectivity index (χ2n) is 6.91. The molecule has 1 aromatic heterocycles. The Morgan fingerprint density at radius 3 is 2.70 bits per heavy atom. The molecule has 0 saturated heterocycles. The molecule has 0 aliphatic carbocycles. The molecule has 0 aliphatic heterocycles. The molecule has 0 unspecified atom stereocenters. The van der Waals surface area contributed by atoms with E-state index in [0.29, 0.717) is 11.4 Å². The van der Waals surface area contributed by atoms with E-state index >= 15 is 0 Å². The Balaban J connectivity index is 1.75. The Morgan fingerprint density at radius 1 is 1.11 bits per heavy atom. The van der Waals surface area contributed by atoms with Crippen LogP contribution in [0, 0.1) is 0 Å². The zero-order chi connectivity index (χ0) is 19.4. The van der Waals surface area contributed by atoms with Gasteiger partial charge in [0.2, 0.25) is 0 Å². The third kappa shape index (κ3) is 4.23. The van der Waals surface area contributed by atoms with Crippen molar-refractivity contribution in [3.8, 4) is 0 Å². The lowest BCUT2D eigenvalue weighted by Gasteiger charge is -2.27. The molecule has 0 aliphatic rings. The van der Waals surface area contributed by atoms with Gasteiger partial charge < -0.3 is 15.8 Å². The average molecular weight is 362 g/mol. The first-order valence-corrected chi connectivity index (χ1v) is 8.61. The van der Waals surface area contributed by atoms with E-state index in [2.05, 4.69) is 20.8 Å². The van der Waals surface area contributed by atoms with Gasteiger partial charge in [0.05, 0.1) is 11.3 Å². The van der Waals surface area contributed by atoms with Crippen molar-refractivity contribution in [2.24, 2.45) is 5.16 Å². The van der Waals surface area contributed by atoms with Crippen molar-refractivity contribution in [2.45, 2.75) is 26.3 Å². The number of hydrogen-bond acceptors (Lipinski definition) is 4. The van der Waals surface area contributed by atoms with Crippen molar-refractivity contribution in [2.75, 3.05) is 5.32 Å². The number of nitrogens with one attached hydrogen (secondary N) is 2. The minimum Gasteiger partial charge on any atom is -0.411 e. The summed E-state index contributed by atoms with van der Waals surface area (Å²) in [6, 6.07) is 14.9. The maximum atomic E-state index is 12.5. The van der Waals surface area contributed by atoms with E-state index in [1.807, 2.05) is 62.4 Å². The third-order valence-corrected chi connectivity index (χ3v) is 4.48. The van der Waals surface area contributed by atoms with Crippen LogP contribution in [0.2, 0.25) is 0 Å². The van der Waals surface area contributed by atoms with E-state index in [9.17, 15) is 4.79 Å². The van der Waals surface area contributed by atoms with Gasteiger partial charge in [0.15, 0.2) is 0 Å². The number of anilines is 1. The average Bonchev–Trinajstić information content (AvgIpc) is 2.67. The molecule has 0 spiro atoms. The van der Waals surface area contributed by atoms with E-state index in [-0.39, 0.29) is 6.03 Å². The third-order valence-electron chi connectivity index (χ3n) is 4.48. The van der Waals surface area contributed by atoms with Crippen molar-refractivity contribution in [1.82, 2.24) is 10.3 Å². The maximum absolute atomic E-state index is 12.5. The van der Waals surface area contributed by atoms with E-state index in [1.54, 1.807) is 19.3 Å². The highest BCUT2D eigenvalue weighted by Crippen LogP contribution is 2.22. The molecule has 2 amide bonds. The second-order valence-corrected chi connectivity index (χ2v) is 6.91. The van der Waals surface area contributed by atoms with Crippen molar-refractivity contribution in [1.29, 1.82) is 0 Å². The van der Waals surface area contributed by atoms with Crippen LogP contribution in [0.4, 0.5) is 10.5 Å². The number of pyridine rings is 1. The summed E-state index contributed by atoms with van der Waals surface area (Å²) in [5.41, 5.74) is 2.30. The predicted molar refractivity (Wildman–Crippen MR) is 107 cm³/mol. The molecule has 0 radical (unpaired) electrons. The molecule has 6 nitrogen and oxygen atoms in total. The van der Waals surface area contributed by atoms with Crippen molar-refractivity contribution >= 4 is 28.2 Å². The van der Waals surface area contributed by atoms with Gasteiger partial charge in [-0.15, -0.1) is 0 Å². The number of benzene rings is 2. The van der Waals surface area contributed by atoms with Crippen molar-refractivity contribution in [3.63, 3.8) is 0 Å². The Labute approximate surface area is 157 Å². The fourth-order valence-electron chi connectivity index (χ4n) is 2.87. The fraction of sp³-hybridized carbons (Fsp3) is 0.190. The van der Waals surface area contributed by atoms with Gasteiger partial charge >= 0.3 is 6.03 Å². The predicted octanol–water partition coefficient (Wildman–Crippen LogP) is 4.49. The van der Waals surface area contributed by atoms with Crippen LogP contribution >= 0.6 is 0 Å². The molecule has 0 bridgehead atoms. The minimum atomic E-state index is -0.617. The Morgan fingerprint density at radius 2 is 1.93 bits per heavy atom. The van der Waals surface area contributed by atoms with Crippen LogP contribution in [0.3, 0.4) is 0 Å². The Bertz CT molecular complexity index is 1010. The number of carbonyl (C=O) groups is 1. The SMILES string of the molecule is C/C(=N\O)c1cccc(C(C)(C)NC(=O)Nc2ccc3ccncc3c2)c1. The van der Waals surface area contributed by atoms with Crippen LogP contribution in [0.5, 0.6) is 0 Å². The molecule has 0 fully saturated rings. The van der Waals surface area contributed by atoms with Gasteiger partial charge in [0.1, 0.15) is 0 Å². The number of aromatic nitrogens is 1. The summed E-state index contributed by atoms with van der Waals surface area (Å²) in [5.74, 6) is 0. The van der Waals surface area contributed by atoms with Gasteiger partial charge in [-0.25, -0.2) is 4.79 Å². The summed E-state index contributed by atoms with van der Waals surface area (Å²) in [7, 11) is 0. The van der Waals surface area contributed by atoms with Crippen LogP contribution < -0.4 is 10.6 Å². The topological polar surface area (TPSA) is 86.6 Å². The highest BCUT2D eigenvalue weighted by molar-refractivity contribution is 5.98. The highest BCUT2D eigenvalue weighted by Gasteiger charge is 2.23. The number of fused-ring (bicyclic) bond motifs is 1. The van der Waals surface area contributed by atoms with Gasteiger partial charge in [-0.05, 0) is 61.5 Å². The number of carbonyl (C=O) groups excluding carboxylic acids is 1. The summed E-state index contributed by atoms with van der Waals surface area (Å²) in [6.45, 7) is 5.56. The largest absolute Gasteiger partial charge is 0.411 e. The van der Waals surface area contributed by atoms with E-state index in [4.69, 9.17) is 5.21 Å². The molecule has 3 N–H and O–H groups in total. The summed E-state index contributed by atoms with van der Waals surface area (Å²) in [5, 5.41) is 20.1. The number of oxime groups is 1. The van der Waals surface area contributed by atoms with E-state index in [0.717, 1.165) is 21.9 Å². The number of urea groups is 1. The molecule has 0 atom stereocenters. The van der Waals surface area contributed by atoms with Crippen LogP contribution in [0.15, 0.2) is 66.1 Å². The van der Waals surface area contributed by atoms with Crippen LogP contribution in [-0.4, -0.2) is 21.9 Å². The lowest BCUT2D eigenvalue weighted by atomic mass is 9.92. The Kier molecular flexibility index (Phi) is 5.07. The smallest absolute Gasteiger partial charge is 0.319 e. The van der Waals surface area contributed by atoms with Crippen molar-refractivity contribution < 1.29 is 10.0 Å². The zero-order valence-electron chi connectivity index (χ0n) is 15.5. The summed E-state index contributed by atoms with van der Waals surface area (Å²) >= 11 is 0. The molecular formula is C21H22N4O2. The zero-order valence-corrected chi connectivity index (χ0v) is 15.5. The summed E-state index contributed by atoms with van der Waals surface area (Å²) < 4.78 is 0. The summed E-state index contributed by atoms with van der Waals surface area (Å²) in [6.07, 6.45) is 3.50. The molecule has 3 aromatic rings. The molecule has 6 heteroatoms. The highest BCUT2D eigenvalue weighted by atomic mass is 16.4. The molecule has 138 valence electrons. The van der Waals surface area contributed by atoms with E-state index in [1.165, 1.54) is 0 Å². The first-order valence-electron chi connectivity index (χ1n) is 8.61. The van der Waals surface area contributed by atoms with Gasteiger partial charge in [0, 0.05) is 23.5 Å². The van der Waals surface area contributed by atoms with E-state index < -0.39 is 5.54 Å². The standard InChI is InChI=1S/C21H22N4O2/c1-14(25-27)16-5-4-6-18(11-16)21(2,3)24-20(26)23-19-8-7-15-9-10-22-13-17(15)12-19/h4-13,27H,1-3H3,(H2,23,24,26)/b25-14+. The second kappa shape index (κ2) is 7.45. The Hall–Kier alpha value is -3.41. The van der Waals surface area contributed by atoms with Gasteiger partial charge in [-0.1, -0.05) is 29.4 Å². The fourth-order valence-corrected chi connectivity index (χ4v) is 2.87. The number of hydrogen-bond donors (Lipinski definition) is 3. The summed E-state index contributed by atoms with van der Waals surface area (Å²) in [4.78, 5) is 16.6. The molecule has 27 heavy (non-hydrogen) atoms. The normalized spacial score (nSPS) is 12.0. The maximum Gasteiger partial charge on any atom is 0.319 e. The molecule has 3 rings (SSSR count). The van der Waals surface area contributed by atoms with Crippen LogP contribution in [0.1, 0.15) is 31.9 Å². The molecule has 0 saturated carbocycles. The lowest BCUT2D eigenvalue weighted by molar-refractivity contribution is 0.242. The first kappa shape index (κ1) is 18.4. The number of rotatable bonds is 4. The minimum absolute atomic E-state index is 0.304. The quantitative estimate of drug-likeness (QED) is 0.363. The van der Waals surface area contributed by atoms with Gasteiger partial charge in [0.25, 0.3) is 0 Å². The lowest BCUT2D eigenvalue weighted by Crippen LogP contribution is -2.43. The van der Waals surface area contributed by atoms with Crippen molar-refractivity contribution in [3.05, 3.63) is 72.1 Å². The van der Waals surface area contributed by atoms with Crippen LogP contribution in [0.25, 0.3) is 10.8 Å². The molecule has 1 heterocycles. The molecular weight excluding hydrogens is 340 g/mol. The first-order chi connectivity index (χ1) is 12.9. The monoisotopic (exact) mass is 362 g/mol. The molecule has 2 aromatic carbocycles. The van der Waals surface area contributed by atoms with Gasteiger partial charge in [-0.3, -0.25) is 4.98 Å². The number of nitrogens with zero attached hydrogens (tertiary/aromatic N) is 2. The van der Waals surface area contributed by atoms with Gasteiger partial charge in [-0.2, -0.15) is 0 Å². The van der Waals surface area contributed by atoms with Crippen LogP contribution in [-0.2, 0) is 5.54 Å².